The normalized spacial score (nSPS) is 14.7. The molecule has 2 aliphatic heterocycles. The largest absolute Gasteiger partial charge is 0.480 e. The van der Waals surface area contributed by atoms with Gasteiger partial charge in [0.25, 0.3) is 17.7 Å². The van der Waals surface area contributed by atoms with Crippen molar-refractivity contribution in [2.45, 2.75) is 158 Å². The summed E-state index contributed by atoms with van der Waals surface area (Å²) in [6, 6.07) is 2.87. The number of unbranched alkanes of at least 4 members (excludes halogenated alkanes) is 5. The van der Waals surface area contributed by atoms with E-state index in [2.05, 4.69) is 62.5 Å². The highest BCUT2D eigenvalue weighted by Crippen LogP contribution is 2.33. The van der Waals surface area contributed by atoms with Crippen LogP contribution >= 0.6 is 0 Å². The number of carbonyl (C=O) groups is 15. The van der Waals surface area contributed by atoms with E-state index in [0.29, 0.717) is 36.6 Å². The van der Waals surface area contributed by atoms with Crippen LogP contribution in [0.5, 0.6) is 0 Å². The molecular formula is C65H84N16O20. The summed E-state index contributed by atoms with van der Waals surface area (Å²) in [5, 5.41) is 30.2. The Morgan fingerprint density at radius 1 is 0.604 bits per heavy atom. The van der Waals surface area contributed by atoms with Crippen molar-refractivity contribution in [1.82, 2.24) is 62.1 Å². The highest BCUT2D eigenvalue weighted by molar-refractivity contribution is 6.25. The summed E-state index contributed by atoms with van der Waals surface area (Å²) in [6.45, 7) is 1.13. The maximum Gasteiger partial charge on any atom is 0.328 e. The number of imide groups is 2. The number of ether oxygens (including phenoxy) is 4. The summed E-state index contributed by atoms with van der Waals surface area (Å²) < 4.78 is 19.3. The van der Waals surface area contributed by atoms with Crippen molar-refractivity contribution in [3.8, 4) is 0 Å². The number of fused-ring (bicyclic) bond motifs is 2. The van der Waals surface area contributed by atoms with E-state index in [1.54, 1.807) is 36.2 Å². The van der Waals surface area contributed by atoms with Crippen molar-refractivity contribution in [2.75, 3.05) is 70.3 Å². The number of esters is 4. The van der Waals surface area contributed by atoms with Crippen molar-refractivity contribution < 1.29 is 96.0 Å². The number of aromatic nitrogens is 4. The molecule has 0 spiro atoms. The van der Waals surface area contributed by atoms with Gasteiger partial charge in [0.15, 0.2) is 17.0 Å². The third kappa shape index (κ3) is 23.3. The standard InChI is InChI=1S/C65H84N16O20/c1-80(34-36-33-70-55-53(71-36)54(66)78-65(67)79-55)37-17-15-35(16-18-37)56(88)76-40(60(92)93)19-26-47(83)73-42(62(95)99-3)21-28-49(85)75-44(64(97)101-5)23-29-50(86)74-43(63(96)100-4)22-27-48(84)72-41(61(94)98-2)20-25-46(82)69-32-11-9-7-6-8-10-31-68-39-14-12-13-38-52(39)59(91)81(58(38)90)45-24-30-51(87)77-57(45)89/h12-18,33,40-45,68H,6-11,19-32,34H2,1-5H3,(H,69,82)(H,72,84)(H,73,83)(H,74,86)(H,75,85)(H,76,88)(H,92,93)(H,77,87,89)(H4,66,67,70,78,79)/t40-,41-,42-,43-,44-,45?/m0/s1. The van der Waals surface area contributed by atoms with Gasteiger partial charge in [0.1, 0.15) is 36.3 Å². The van der Waals surface area contributed by atoms with Gasteiger partial charge in [0, 0.05) is 75.6 Å². The van der Waals surface area contributed by atoms with Crippen molar-refractivity contribution in [3.05, 3.63) is 71.0 Å². The minimum Gasteiger partial charge on any atom is -0.480 e. The number of anilines is 4. The van der Waals surface area contributed by atoms with E-state index in [9.17, 15) is 77.0 Å². The summed E-state index contributed by atoms with van der Waals surface area (Å²) in [5.74, 6) is -11.9. The second-order valence-corrected chi connectivity index (χ2v) is 23.6. The molecule has 13 N–H and O–H groups in total. The molecule has 1 fully saturated rings. The fourth-order valence-corrected chi connectivity index (χ4v) is 10.9. The van der Waals surface area contributed by atoms with Gasteiger partial charge in [-0.3, -0.25) is 58.2 Å². The second kappa shape index (κ2) is 38.6. The number of nitrogens with one attached hydrogen (secondary N) is 8. The Labute approximate surface area is 579 Å². The zero-order valence-electron chi connectivity index (χ0n) is 56.5. The van der Waals surface area contributed by atoms with Crippen LogP contribution in [0.4, 0.5) is 23.1 Å². The van der Waals surface area contributed by atoms with E-state index >= 15 is 0 Å². The number of hydrogen-bond donors (Lipinski definition) is 11. The molecule has 544 valence electrons. The quantitative estimate of drug-likeness (QED) is 0.0120. The van der Waals surface area contributed by atoms with Gasteiger partial charge < -0.3 is 77.6 Å². The molecule has 4 aromatic rings. The van der Waals surface area contributed by atoms with E-state index < -0.39 is 151 Å². The Hall–Kier alpha value is -11.5. The smallest absolute Gasteiger partial charge is 0.328 e. The maximum atomic E-state index is 13.4. The highest BCUT2D eigenvalue weighted by Gasteiger charge is 2.46. The number of hydrogen-bond acceptors (Lipinski definition) is 27. The highest BCUT2D eigenvalue weighted by atomic mass is 16.5. The average Bonchev–Trinajstić information content (AvgIpc) is 1.61. The number of amides is 10. The van der Waals surface area contributed by atoms with E-state index in [1.165, 1.54) is 24.4 Å². The molecule has 2 aliphatic rings. The first-order valence-corrected chi connectivity index (χ1v) is 32.5. The first kappa shape index (κ1) is 78.5. The molecule has 10 amide bonds. The molecule has 4 heterocycles. The molecule has 101 heavy (non-hydrogen) atoms. The number of aliphatic carboxylic acids is 1. The van der Waals surface area contributed by atoms with Gasteiger partial charge in [-0.25, -0.2) is 33.9 Å². The zero-order chi connectivity index (χ0) is 73.9. The minimum absolute atomic E-state index is 0.0176. The Morgan fingerprint density at radius 2 is 1.09 bits per heavy atom. The average molecular weight is 1410 g/mol. The molecule has 6 atom stereocenters. The Kier molecular flexibility index (Phi) is 30.0. The summed E-state index contributed by atoms with van der Waals surface area (Å²) in [7, 11) is 5.94. The molecule has 0 radical (unpaired) electrons. The van der Waals surface area contributed by atoms with Gasteiger partial charge in [-0.05, 0) is 87.8 Å². The van der Waals surface area contributed by atoms with Gasteiger partial charge in [-0.15, -0.1) is 0 Å². The van der Waals surface area contributed by atoms with Crippen molar-refractivity contribution in [2.24, 2.45) is 0 Å². The summed E-state index contributed by atoms with van der Waals surface area (Å²) in [5.41, 5.74) is 14.2. The van der Waals surface area contributed by atoms with Crippen LogP contribution in [0.15, 0.2) is 48.7 Å². The topological polar surface area (TPSA) is 520 Å². The van der Waals surface area contributed by atoms with Crippen molar-refractivity contribution in [3.63, 3.8) is 0 Å². The molecule has 2 aromatic carbocycles. The van der Waals surface area contributed by atoms with Gasteiger partial charge in [0.05, 0.1) is 58.0 Å². The van der Waals surface area contributed by atoms with Crippen LogP contribution < -0.4 is 58.9 Å². The number of rotatable bonds is 40. The van der Waals surface area contributed by atoms with Crippen molar-refractivity contribution >= 4 is 123 Å². The number of carboxylic acids is 1. The van der Waals surface area contributed by atoms with Gasteiger partial charge >= 0.3 is 29.8 Å². The molecule has 0 bridgehead atoms. The lowest BCUT2D eigenvalue weighted by molar-refractivity contribution is -0.147. The van der Waals surface area contributed by atoms with E-state index in [1.807, 2.05) is 0 Å². The van der Waals surface area contributed by atoms with Crippen LogP contribution in [0.1, 0.15) is 152 Å². The third-order valence-electron chi connectivity index (χ3n) is 16.4. The Morgan fingerprint density at radius 3 is 1.58 bits per heavy atom. The van der Waals surface area contributed by atoms with Crippen molar-refractivity contribution in [1.29, 1.82) is 0 Å². The molecule has 36 nitrogen and oxygen atoms in total. The number of nitrogens with two attached hydrogens (primary N) is 2. The lowest BCUT2D eigenvalue weighted by Crippen LogP contribution is -2.54. The third-order valence-corrected chi connectivity index (χ3v) is 16.4. The Balaban J connectivity index is 0.859. The number of carboxylic acid groups (broad SMARTS) is 1. The molecular weight excluding hydrogens is 1320 g/mol. The number of nitrogen functional groups attached to an aromatic ring is 2. The summed E-state index contributed by atoms with van der Waals surface area (Å²) in [4.78, 5) is 212. The molecule has 6 rings (SSSR count). The molecule has 36 heteroatoms. The van der Waals surface area contributed by atoms with Gasteiger partial charge in [-0.2, -0.15) is 9.97 Å². The molecule has 1 saturated heterocycles. The Bertz CT molecular complexity index is 3740. The first-order valence-electron chi connectivity index (χ1n) is 32.5. The monoisotopic (exact) mass is 1410 g/mol. The molecule has 0 saturated carbocycles. The van der Waals surface area contributed by atoms with Crippen LogP contribution in [0.2, 0.25) is 0 Å². The molecule has 1 unspecified atom stereocenters. The fraction of sp³-hybridized carbons (Fsp3) is 0.492. The predicted octanol–water partition coefficient (Wildman–Crippen LogP) is -0.0941. The lowest BCUT2D eigenvalue weighted by atomic mass is 10.0. The van der Waals surface area contributed by atoms with Crippen LogP contribution in [0.25, 0.3) is 11.2 Å². The maximum absolute atomic E-state index is 13.4. The fourth-order valence-electron chi connectivity index (χ4n) is 10.9. The van der Waals surface area contributed by atoms with Crippen LogP contribution in [0, 0.1) is 0 Å². The van der Waals surface area contributed by atoms with Gasteiger partial charge in [-0.1, -0.05) is 31.7 Å². The van der Waals surface area contributed by atoms with Crippen LogP contribution in [-0.4, -0.2) is 204 Å². The minimum atomic E-state index is -1.56. The zero-order valence-corrected chi connectivity index (χ0v) is 56.5. The van der Waals surface area contributed by atoms with E-state index in [4.69, 9.17) is 30.4 Å². The number of carbonyl (C=O) groups excluding carboxylic acids is 14. The summed E-state index contributed by atoms with van der Waals surface area (Å²) >= 11 is 0. The van der Waals surface area contributed by atoms with E-state index in [-0.39, 0.29) is 97.0 Å². The number of piperidine rings is 1. The van der Waals surface area contributed by atoms with E-state index in [0.717, 1.165) is 65.4 Å². The number of methoxy groups -OCH3 is 4. The summed E-state index contributed by atoms with van der Waals surface area (Å²) in [6.07, 6.45) is 2.66. The lowest BCUT2D eigenvalue weighted by Gasteiger charge is -2.27. The number of benzene rings is 2. The molecule has 0 aliphatic carbocycles. The van der Waals surface area contributed by atoms with Gasteiger partial charge in [0.2, 0.25) is 47.3 Å². The SMILES string of the molecule is COC(=O)[C@H](CCC(=O)NCCCCCCCCNc1cccc2c1C(=O)N(C1CCC(=O)NC1=O)C2=O)NC(=O)CC[C@H](NC(=O)CC[C@H](NC(=O)CC[C@H](NC(=O)CC[C@H](NC(=O)c1ccc(N(C)Cc2cnc3nc(N)nc(N)c3n2)cc1)C(=O)O)C(=O)OC)C(=O)OC)C(=O)OC. The first-order chi connectivity index (χ1) is 48.2. The second-order valence-electron chi connectivity index (χ2n) is 23.6. The van der Waals surface area contributed by atoms with Crippen LogP contribution in [-0.2, 0) is 83.0 Å². The molecule has 2 aromatic heterocycles. The van der Waals surface area contributed by atoms with Crippen LogP contribution in [0.3, 0.4) is 0 Å². The number of nitrogens with zero attached hydrogens (tertiary/aromatic N) is 6. The predicted molar refractivity (Wildman–Crippen MR) is 356 cm³/mol.